The van der Waals surface area contributed by atoms with Crippen molar-refractivity contribution in [2.75, 3.05) is 57.8 Å². The van der Waals surface area contributed by atoms with Gasteiger partial charge in [-0.1, -0.05) is 134 Å². The summed E-state index contributed by atoms with van der Waals surface area (Å²) in [5.41, 5.74) is 3.44. The molecule has 0 radical (unpaired) electrons. The average molecular weight is 898 g/mol. The number of aliphatic hydroxyl groups is 2. The van der Waals surface area contributed by atoms with Crippen LogP contribution < -0.4 is 34.9 Å². The Labute approximate surface area is 396 Å². The third kappa shape index (κ3) is 32.3. The molecule has 2 amide bonds. The van der Waals surface area contributed by atoms with E-state index in [9.17, 15) is 14.4 Å². The Morgan fingerprint density at radius 3 is 1.61 bits per heavy atom. The summed E-state index contributed by atoms with van der Waals surface area (Å²) in [6.07, 6.45) is 0. The topological polar surface area (TPSA) is 123 Å². The number of morpholine rings is 1. The molecule has 334 valence electrons. The largest absolute Gasteiger partial charge is 1.00 e. The summed E-state index contributed by atoms with van der Waals surface area (Å²) in [7, 11) is 0. The van der Waals surface area contributed by atoms with Crippen LogP contribution in [0.15, 0.2) is 91.0 Å². The quantitative estimate of drug-likeness (QED) is 0.103. The van der Waals surface area contributed by atoms with Gasteiger partial charge in [-0.3, -0.25) is 14.4 Å². The summed E-state index contributed by atoms with van der Waals surface area (Å²) >= 11 is 15.1. The number of nitrogens with one attached hydrogen (secondary N) is 1. The molecule has 1 saturated heterocycles. The minimum Gasteiger partial charge on any atom is -1.00 e. The summed E-state index contributed by atoms with van der Waals surface area (Å²) < 4.78 is 5.17. The number of aliphatic hydroxyl groups excluding tert-OH is 2. The van der Waals surface area contributed by atoms with E-state index < -0.39 is 5.24 Å². The Bertz CT molecular complexity index is 1400. The second-order valence-corrected chi connectivity index (χ2v) is 13.6. The summed E-state index contributed by atoms with van der Waals surface area (Å²) in [4.78, 5) is 38.5. The third-order valence-electron chi connectivity index (χ3n) is 8.28. The first-order chi connectivity index (χ1) is 26.4. The molecule has 3 aromatic rings. The third-order valence-corrected chi connectivity index (χ3v) is 9.02. The molecular formula is C45H76Cl3N4NaO6. The summed E-state index contributed by atoms with van der Waals surface area (Å²) in [5.74, 6) is -0.233. The maximum atomic E-state index is 11.6. The fourth-order valence-corrected chi connectivity index (χ4v) is 4.98. The Kier molecular flexibility index (Phi) is 47.7. The molecule has 0 unspecified atom stereocenters. The van der Waals surface area contributed by atoms with Gasteiger partial charge in [-0.05, 0) is 68.7 Å². The molecule has 10 nitrogen and oxygen atoms in total. The molecule has 1 aliphatic rings. The smallest absolute Gasteiger partial charge is 1.00 e. The summed E-state index contributed by atoms with van der Waals surface area (Å²) in [6.45, 7) is 18.9. The van der Waals surface area contributed by atoms with E-state index in [1.54, 1.807) is 11.8 Å². The first-order valence-electron chi connectivity index (χ1n) is 18.7. The molecule has 3 aromatic carbocycles. The van der Waals surface area contributed by atoms with Crippen molar-refractivity contribution in [2.24, 2.45) is 0 Å². The predicted octanol–water partition coefficient (Wildman–Crippen LogP) is 5.59. The van der Waals surface area contributed by atoms with Crippen molar-refractivity contribution in [1.29, 1.82) is 0 Å². The van der Waals surface area contributed by atoms with Crippen molar-refractivity contribution in [3.8, 4) is 0 Å². The molecule has 0 saturated carbocycles. The summed E-state index contributed by atoms with van der Waals surface area (Å²) in [5, 5.41) is 20.5. The maximum absolute atomic E-state index is 11.6. The number of amides is 2. The van der Waals surface area contributed by atoms with Gasteiger partial charge in [-0.2, -0.15) is 0 Å². The van der Waals surface area contributed by atoms with Crippen molar-refractivity contribution < 1.29 is 60.3 Å². The molecule has 1 heterocycles. The van der Waals surface area contributed by atoms with Crippen LogP contribution in [0.1, 0.15) is 81.9 Å². The zero-order chi connectivity index (χ0) is 41.4. The van der Waals surface area contributed by atoms with Gasteiger partial charge in [0.05, 0.1) is 37.8 Å². The van der Waals surface area contributed by atoms with E-state index in [0.29, 0.717) is 19.7 Å². The van der Waals surface area contributed by atoms with Gasteiger partial charge in [-0.25, -0.2) is 0 Å². The number of carbonyl (C=O) groups excluding carboxylic acids is 3. The first-order valence-corrected chi connectivity index (χ1v) is 20.1. The van der Waals surface area contributed by atoms with Crippen LogP contribution in [-0.2, 0) is 38.8 Å². The average Bonchev–Trinajstić information content (AvgIpc) is 3.22. The molecule has 0 aliphatic carbocycles. The normalized spacial score (nSPS) is 13.3. The molecule has 3 atom stereocenters. The van der Waals surface area contributed by atoms with Gasteiger partial charge in [0.1, 0.15) is 12.5 Å². The van der Waals surface area contributed by atoms with Crippen molar-refractivity contribution in [3.05, 3.63) is 108 Å². The number of hydrogen-bond acceptors (Lipinski definition) is 8. The number of halogens is 3. The molecule has 3 N–H and O–H groups in total. The molecule has 0 bridgehead atoms. The number of rotatable bonds is 15. The summed E-state index contributed by atoms with van der Waals surface area (Å²) in [6, 6.07) is 30.0. The second kappa shape index (κ2) is 42.6. The van der Waals surface area contributed by atoms with Crippen LogP contribution in [-0.4, -0.2) is 118 Å². The number of ether oxygens (including phenoxy) is 1. The van der Waals surface area contributed by atoms with E-state index in [-0.39, 0.29) is 115 Å². The molecule has 1 aliphatic heterocycles. The first kappa shape index (κ1) is 66.0. The van der Waals surface area contributed by atoms with Crippen LogP contribution in [0.25, 0.3) is 0 Å². The fraction of sp³-hybridized carbons (Fsp3) is 0.533. The molecule has 0 spiro atoms. The second-order valence-electron chi connectivity index (χ2n) is 12.6. The maximum Gasteiger partial charge on any atom is 1.00 e. The van der Waals surface area contributed by atoms with Gasteiger partial charge in [-0.15, -0.1) is 23.2 Å². The predicted molar refractivity (Wildman–Crippen MR) is 248 cm³/mol. The Morgan fingerprint density at radius 2 is 1.25 bits per heavy atom. The van der Waals surface area contributed by atoms with Crippen LogP contribution in [0.2, 0.25) is 0 Å². The standard InChI is InChI=1S/C12H16ClNO2.C12H15NO2.C10H15NO.C6H15N.C2H2Cl2O.3CH4.Na.H/c1-10(9-15)14(12(16)7-13)8-11-5-3-2-4-6-11;1-10-8-15-9-12(14)13(10)7-11-5-3-2-4-6-11;1-9(8-12)11-7-10-5-3-2-4-6-10;1-4-7(5-2)6-3;3-1-2(4)5;;;;;/h2-6,10,15H,7-9H2,1H3;2-6,10H,7-9H2,1H3;2-6,9,11-12H,7-8H2,1H3;4-6H2,1-3H3;1H2;3*1H4;;/q;;;;;;;;+1;-1/t2*10-;9-;;;;;;;/m000......./s1. The van der Waals surface area contributed by atoms with Crippen molar-refractivity contribution in [1.82, 2.24) is 20.0 Å². The zero-order valence-electron chi connectivity index (χ0n) is 35.4. The molecule has 14 heteroatoms. The molecule has 0 aromatic heterocycles. The van der Waals surface area contributed by atoms with Crippen LogP contribution in [0.4, 0.5) is 0 Å². The number of carbonyl (C=O) groups is 3. The zero-order valence-corrected chi connectivity index (χ0v) is 38.6. The van der Waals surface area contributed by atoms with Gasteiger partial charge in [0.25, 0.3) is 0 Å². The van der Waals surface area contributed by atoms with Crippen molar-refractivity contribution in [3.63, 3.8) is 0 Å². The Morgan fingerprint density at radius 1 is 0.814 bits per heavy atom. The Hall–Kier alpha value is -2.06. The number of hydrogen-bond donors (Lipinski definition) is 3. The van der Waals surface area contributed by atoms with E-state index in [1.807, 2.05) is 97.6 Å². The number of benzene rings is 3. The number of alkyl halides is 2. The van der Waals surface area contributed by atoms with Crippen molar-refractivity contribution in [2.45, 2.75) is 102 Å². The molecule has 4 rings (SSSR count). The van der Waals surface area contributed by atoms with Gasteiger partial charge in [0.2, 0.25) is 17.1 Å². The van der Waals surface area contributed by atoms with Gasteiger partial charge >= 0.3 is 29.6 Å². The molecule has 59 heavy (non-hydrogen) atoms. The van der Waals surface area contributed by atoms with E-state index >= 15 is 0 Å². The number of nitrogens with zero attached hydrogens (tertiary/aromatic N) is 3. The molecular weight excluding hydrogens is 822 g/mol. The van der Waals surface area contributed by atoms with E-state index in [4.69, 9.17) is 49.8 Å². The fourth-order valence-electron chi connectivity index (χ4n) is 4.83. The van der Waals surface area contributed by atoms with Gasteiger partial charge in [0.15, 0.2) is 0 Å². The minimum atomic E-state index is -0.508. The van der Waals surface area contributed by atoms with Crippen LogP contribution in [0.5, 0.6) is 0 Å². The molecule has 1 fully saturated rings. The van der Waals surface area contributed by atoms with E-state index in [0.717, 1.165) is 12.1 Å². The van der Waals surface area contributed by atoms with Gasteiger partial charge in [0, 0.05) is 25.7 Å². The van der Waals surface area contributed by atoms with Crippen LogP contribution >= 0.6 is 34.8 Å². The van der Waals surface area contributed by atoms with Crippen LogP contribution in [0.3, 0.4) is 0 Å². The SMILES string of the molecule is C.C.C.CCN(CC)CC.C[C@@H](CO)N(Cc1ccccc1)C(=O)CCl.C[C@@H](CO)NCc1ccccc1.C[C@H]1COCC(=O)N1Cc1ccccc1.O=C(Cl)CCl.[H-].[Na+]. The van der Waals surface area contributed by atoms with E-state index in [1.165, 1.54) is 30.8 Å². The van der Waals surface area contributed by atoms with Gasteiger partial charge < -0.3 is 36.4 Å². The van der Waals surface area contributed by atoms with Crippen LogP contribution in [0, 0.1) is 0 Å². The monoisotopic (exact) mass is 896 g/mol. The Balaban J connectivity index is -0.000000156. The van der Waals surface area contributed by atoms with E-state index in [2.05, 4.69) is 43.1 Å². The van der Waals surface area contributed by atoms with Crippen molar-refractivity contribution >= 4 is 51.9 Å². The minimum absolute atomic E-state index is 0.